The number of nitrogens with one attached hydrogen (secondary N) is 3. The van der Waals surface area contributed by atoms with Crippen molar-refractivity contribution in [3.05, 3.63) is 28.7 Å². The summed E-state index contributed by atoms with van der Waals surface area (Å²) in [4.78, 5) is 0. The summed E-state index contributed by atoms with van der Waals surface area (Å²) in [6, 6.07) is 7.52. The Morgan fingerprint density at radius 3 is 2.25 bits per heavy atom. The van der Waals surface area contributed by atoms with Gasteiger partial charge in [-0.2, -0.15) is 0 Å². The van der Waals surface area contributed by atoms with Crippen LogP contribution in [0.25, 0.3) is 0 Å². The number of benzene rings is 1. The molecule has 0 saturated carbocycles. The van der Waals surface area contributed by atoms with Crippen LogP contribution in [0.5, 0.6) is 0 Å². The van der Waals surface area contributed by atoms with Crippen molar-refractivity contribution in [2.75, 3.05) is 30.2 Å². The van der Waals surface area contributed by atoms with E-state index in [0.717, 1.165) is 10.2 Å². The first-order chi connectivity index (χ1) is 11.3. The molecule has 1 atom stereocenters. The summed E-state index contributed by atoms with van der Waals surface area (Å²) in [6.07, 6.45) is 0. The van der Waals surface area contributed by atoms with Gasteiger partial charge >= 0.3 is 7.59 Å². The van der Waals surface area contributed by atoms with Gasteiger partial charge in [-0.15, -0.1) is 23.2 Å². The Kier molecular flexibility index (Phi) is 10.1. The molecule has 5 nitrogen and oxygen atoms in total. The van der Waals surface area contributed by atoms with E-state index in [4.69, 9.17) is 35.4 Å². The summed E-state index contributed by atoms with van der Waals surface area (Å²) in [5.41, 5.74) is 0.799. The third kappa shape index (κ3) is 7.56. The Balaban J connectivity index is 2.88. The van der Waals surface area contributed by atoms with Crippen molar-refractivity contribution in [2.45, 2.75) is 19.9 Å². The van der Waals surface area contributed by atoms with Crippen molar-refractivity contribution in [3.8, 4) is 0 Å². The van der Waals surface area contributed by atoms with Crippen LogP contribution in [0.15, 0.2) is 28.7 Å². The fraction of sp³-hybridized carbons (Fsp3) is 0.500. The predicted molar refractivity (Wildman–Crippen MR) is 112 cm³/mol. The largest absolute Gasteiger partial charge is 0.332 e. The highest BCUT2D eigenvalue weighted by Gasteiger charge is 2.31. The van der Waals surface area contributed by atoms with Gasteiger partial charge in [0.25, 0.3) is 0 Å². The summed E-state index contributed by atoms with van der Waals surface area (Å²) < 4.78 is 16.1. The summed E-state index contributed by atoms with van der Waals surface area (Å²) in [5.74, 6) is 0.685. The number of anilines is 1. The van der Waals surface area contributed by atoms with Gasteiger partial charge in [-0.3, -0.25) is 9.65 Å². The van der Waals surface area contributed by atoms with Gasteiger partial charge in [0.15, 0.2) is 5.11 Å². The third-order valence-electron chi connectivity index (χ3n) is 2.87. The van der Waals surface area contributed by atoms with E-state index in [0.29, 0.717) is 24.8 Å². The topological polar surface area (TPSA) is 56.4 Å². The van der Waals surface area contributed by atoms with Crippen LogP contribution >= 0.6 is 58.9 Å². The number of alkyl halides is 2. The molecule has 0 aliphatic rings. The smallest absolute Gasteiger partial charge is 0.308 e. The molecule has 0 spiro atoms. The normalized spacial score (nSPS) is 13.8. The molecule has 0 bridgehead atoms. The lowest BCUT2D eigenvalue weighted by Crippen LogP contribution is -2.43. The van der Waals surface area contributed by atoms with Crippen molar-refractivity contribution in [1.29, 1.82) is 0 Å². The number of nitrogens with zero attached hydrogens (tertiary/aromatic N) is 1. The SMILES string of the molecule is CC(C)NP(=O)(NC(=S)Nc1ccc(Br)cc1)N(CCCl)CCCl. The van der Waals surface area contributed by atoms with Gasteiger partial charge in [0.2, 0.25) is 0 Å². The molecular formula is C14H22BrCl2N4OPS. The molecule has 136 valence electrons. The van der Waals surface area contributed by atoms with Crippen molar-refractivity contribution in [1.82, 2.24) is 14.8 Å². The first-order valence-corrected chi connectivity index (χ1v) is 11.3. The Hall–Kier alpha value is 0.120. The van der Waals surface area contributed by atoms with E-state index in [1.54, 1.807) is 4.67 Å². The number of halogens is 3. The van der Waals surface area contributed by atoms with Gasteiger partial charge in [0.05, 0.1) is 0 Å². The van der Waals surface area contributed by atoms with Crippen LogP contribution in [0.3, 0.4) is 0 Å². The average Bonchev–Trinajstić information content (AvgIpc) is 2.48. The molecule has 1 rings (SSSR count). The zero-order chi connectivity index (χ0) is 18.2. The quantitative estimate of drug-likeness (QED) is 0.275. The molecule has 10 heteroatoms. The third-order valence-corrected chi connectivity index (χ3v) is 6.68. The number of hydrogen-bond donors (Lipinski definition) is 3. The van der Waals surface area contributed by atoms with Gasteiger partial charge in [0, 0.05) is 41.1 Å². The minimum atomic E-state index is -3.17. The molecular weight excluding hydrogens is 454 g/mol. The highest BCUT2D eigenvalue weighted by Crippen LogP contribution is 2.41. The first-order valence-electron chi connectivity index (χ1n) is 7.40. The van der Waals surface area contributed by atoms with Crippen LogP contribution in [0.1, 0.15) is 13.8 Å². The van der Waals surface area contributed by atoms with Gasteiger partial charge in [-0.25, -0.2) is 9.76 Å². The molecule has 0 amide bonds. The Morgan fingerprint density at radius 2 is 1.79 bits per heavy atom. The number of thiocarbonyl (C=S) groups is 1. The van der Waals surface area contributed by atoms with Gasteiger partial charge in [0.1, 0.15) is 0 Å². The van der Waals surface area contributed by atoms with Gasteiger partial charge < -0.3 is 5.32 Å². The van der Waals surface area contributed by atoms with Crippen molar-refractivity contribution in [3.63, 3.8) is 0 Å². The molecule has 24 heavy (non-hydrogen) atoms. The van der Waals surface area contributed by atoms with E-state index < -0.39 is 7.59 Å². The first kappa shape index (κ1) is 22.2. The van der Waals surface area contributed by atoms with Crippen molar-refractivity contribution in [2.24, 2.45) is 0 Å². The fourth-order valence-corrected chi connectivity index (χ4v) is 5.51. The molecule has 1 aromatic carbocycles. The molecule has 1 unspecified atom stereocenters. The highest BCUT2D eigenvalue weighted by molar-refractivity contribution is 9.10. The number of rotatable bonds is 9. The molecule has 0 aromatic heterocycles. The Morgan fingerprint density at radius 1 is 1.25 bits per heavy atom. The van der Waals surface area contributed by atoms with Crippen LogP contribution in [-0.2, 0) is 4.57 Å². The molecule has 3 N–H and O–H groups in total. The van der Waals surface area contributed by atoms with Gasteiger partial charge in [-0.1, -0.05) is 15.9 Å². The zero-order valence-electron chi connectivity index (χ0n) is 13.6. The maximum absolute atomic E-state index is 13.4. The van der Waals surface area contributed by atoms with E-state index in [2.05, 4.69) is 31.4 Å². The standard InChI is InChI=1S/C14H22BrCl2N4OPS/c1-11(2)19-23(22,21(9-7-16)10-8-17)20-14(24)18-13-5-3-12(15)4-6-13/h3-6,11H,7-10H2,1-2H3,(H3,18,19,20,22,24). The average molecular weight is 476 g/mol. The second kappa shape index (κ2) is 11.0. The van der Waals surface area contributed by atoms with Crippen molar-refractivity contribution < 1.29 is 4.57 Å². The second-order valence-corrected chi connectivity index (χ2v) is 9.54. The summed E-state index contributed by atoms with van der Waals surface area (Å²) in [7, 11) is -3.17. The molecule has 0 fully saturated rings. The highest BCUT2D eigenvalue weighted by atomic mass is 79.9. The van der Waals surface area contributed by atoms with Gasteiger partial charge in [-0.05, 0) is 50.3 Å². The summed E-state index contributed by atoms with van der Waals surface area (Å²) in [5, 5.41) is 9.29. The van der Waals surface area contributed by atoms with E-state index in [-0.39, 0.29) is 11.2 Å². The zero-order valence-corrected chi connectivity index (χ0v) is 18.4. The maximum atomic E-state index is 13.4. The molecule has 0 saturated heterocycles. The van der Waals surface area contributed by atoms with Crippen LogP contribution < -0.4 is 15.5 Å². The van der Waals surface area contributed by atoms with Crippen LogP contribution in [0, 0.1) is 0 Å². The Labute approximate surface area is 167 Å². The second-order valence-electron chi connectivity index (χ2n) is 5.26. The molecule has 0 aliphatic carbocycles. The van der Waals surface area contributed by atoms with E-state index in [1.807, 2.05) is 38.1 Å². The fourth-order valence-electron chi connectivity index (χ4n) is 1.95. The lowest BCUT2D eigenvalue weighted by Gasteiger charge is -2.33. The minimum Gasteiger partial charge on any atom is -0.332 e. The number of hydrogen-bond acceptors (Lipinski definition) is 2. The summed E-state index contributed by atoms with van der Waals surface area (Å²) in [6.45, 7) is 4.69. The van der Waals surface area contributed by atoms with E-state index >= 15 is 0 Å². The Bertz CT molecular complexity index is 570. The van der Waals surface area contributed by atoms with Crippen LogP contribution in [0.2, 0.25) is 0 Å². The molecule has 0 radical (unpaired) electrons. The molecule has 0 aliphatic heterocycles. The van der Waals surface area contributed by atoms with Crippen LogP contribution in [-0.4, -0.2) is 40.7 Å². The lowest BCUT2D eigenvalue weighted by atomic mass is 10.3. The molecule has 1 aromatic rings. The lowest BCUT2D eigenvalue weighted by molar-refractivity contribution is 0.425. The summed E-state index contributed by atoms with van der Waals surface area (Å²) >= 11 is 20.4. The van der Waals surface area contributed by atoms with Crippen LogP contribution in [0.4, 0.5) is 5.69 Å². The van der Waals surface area contributed by atoms with E-state index in [1.165, 1.54) is 0 Å². The predicted octanol–water partition coefficient (Wildman–Crippen LogP) is 4.62. The maximum Gasteiger partial charge on any atom is 0.308 e. The monoisotopic (exact) mass is 474 g/mol. The minimum absolute atomic E-state index is 0.00744. The van der Waals surface area contributed by atoms with Crippen molar-refractivity contribution >= 4 is 69.7 Å². The van der Waals surface area contributed by atoms with E-state index in [9.17, 15) is 4.57 Å². The molecule has 0 heterocycles.